The van der Waals surface area contributed by atoms with Crippen molar-refractivity contribution in [1.29, 1.82) is 0 Å². The molecule has 5 rings (SSSR count). The van der Waals surface area contributed by atoms with Crippen LogP contribution in [0.5, 0.6) is 0 Å². The topological polar surface area (TPSA) is 288 Å². The smallest absolute Gasteiger partial charge is 0.246 e. The second kappa shape index (κ2) is 36.7. The number of nitrogens with zero attached hydrogens (tertiary/aromatic N) is 8. The molecule has 96 heavy (non-hydrogen) atoms. The van der Waals surface area contributed by atoms with Gasteiger partial charge in [-0.25, -0.2) is 4.39 Å². The van der Waals surface area contributed by atoms with Crippen molar-refractivity contribution in [3.05, 3.63) is 0 Å². The number of hydrogen-bond donors (Lipinski definition) is 4. The minimum absolute atomic E-state index is 0.0273. The Morgan fingerprint density at radius 1 is 0.656 bits per heavy atom. The van der Waals surface area contributed by atoms with Crippen LogP contribution in [0.25, 0.3) is 0 Å². The minimum atomic E-state index is -1.71. The lowest BCUT2D eigenvalue weighted by Gasteiger charge is -2.45. The zero-order chi connectivity index (χ0) is 71.8. The number of alkyl halides is 2. The number of carbonyl (C=O) groups excluding carboxylic acids is 12. The van der Waals surface area contributed by atoms with Crippen molar-refractivity contribution >= 4 is 86.8 Å². The normalized spacial score (nSPS) is 31.5. The predicted octanol–water partition coefficient (Wildman–Crippen LogP) is 4.55. The summed E-state index contributed by atoms with van der Waals surface area (Å²) < 4.78 is 21.8. The fraction of sp³-hybridized carbons (Fsp3) is 0.826. The van der Waals surface area contributed by atoms with E-state index >= 15 is 9.18 Å². The molecule has 0 aromatic carbocycles. The number of ether oxygens (including phenoxy) is 1. The van der Waals surface area contributed by atoms with Crippen LogP contribution >= 0.6 is 15.9 Å². The molecule has 3 unspecified atom stereocenters. The Balaban J connectivity index is 1.61. The van der Waals surface area contributed by atoms with Gasteiger partial charge in [0.1, 0.15) is 66.1 Å². The maximum Gasteiger partial charge on any atom is 0.246 e. The van der Waals surface area contributed by atoms with Crippen molar-refractivity contribution in [2.45, 2.75) is 268 Å². The average molecular weight is 1420 g/mol. The van der Waals surface area contributed by atoms with Crippen molar-refractivity contribution in [1.82, 2.24) is 60.5 Å². The summed E-state index contributed by atoms with van der Waals surface area (Å²) in [4.78, 5) is 187. The van der Waals surface area contributed by atoms with Crippen molar-refractivity contribution < 1.29 is 66.7 Å². The number of halogens is 2. The van der Waals surface area contributed by atoms with Crippen LogP contribution in [0.2, 0.25) is 0 Å². The summed E-state index contributed by atoms with van der Waals surface area (Å²) in [6, 6.07) is -11.0. The van der Waals surface area contributed by atoms with Crippen LogP contribution in [0, 0.1) is 23.7 Å². The summed E-state index contributed by atoms with van der Waals surface area (Å²) in [5.41, 5.74) is -1.71. The van der Waals surface area contributed by atoms with E-state index in [4.69, 9.17) is 4.74 Å². The number of fused-ring (bicyclic) bond motifs is 1. The van der Waals surface area contributed by atoms with Gasteiger partial charge >= 0.3 is 0 Å². The number of piperidine rings is 1. The highest BCUT2D eigenvalue weighted by Gasteiger charge is 2.48. The van der Waals surface area contributed by atoms with Gasteiger partial charge in [-0.3, -0.25) is 57.5 Å². The van der Waals surface area contributed by atoms with Crippen LogP contribution in [0.15, 0.2) is 0 Å². The molecule has 0 spiro atoms. The van der Waals surface area contributed by atoms with Gasteiger partial charge in [0.25, 0.3) is 0 Å². The lowest BCUT2D eigenvalue weighted by molar-refractivity contribution is -0.160. The SMILES string of the molecule is CCCC[C@@H]1NC(=O)[C@H](CC2CCCC(Br)C2F)NC(=O)CN(C)C(=O)[C@H](CC2CCC(OC)CC2)N(C)C(=O)[C@@H]2CCN2C(=O)[C@H](C)N(C)C(=O)[C@H]([C@@H](C)CC)NC(=O)[C@H](CC)N(C)C(=O)C[C@@H](C(=O)N2CCCCC2)N(C)C(=O)[C@H](CC(C)C)NC(=O)C(C)(C)N(C)C1=O. The number of methoxy groups -OCH3 is 1. The first-order valence-corrected chi connectivity index (χ1v) is 36.3. The van der Waals surface area contributed by atoms with E-state index in [2.05, 4.69) is 37.2 Å². The van der Waals surface area contributed by atoms with E-state index in [9.17, 15) is 52.7 Å². The fourth-order valence-corrected chi connectivity index (χ4v) is 14.8. The average Bonchev–Trinajstić information content (AvgIpc) is 0.834. The number of nitrogens with one attached hydrogen (secondary N) is 4. The third-order valence-corrected chi connectivity index (χ3v) is 22.4. The summed E-state index contributed by atoms with van der Waals surface area (Å²) in [5.74, 6) is -9.21. The van der Waals surface area contributed by atoms with Crippen LogP contribution in [0.3, 0.4) is 0 Å². The van der Waals surface area contributed by atoms with E-state index in [1.165, 1.54) is 97.4 Å². The van der Waals surface area contributed by atoms with Crippen LogP contribution < -0.4 is 21.3 Å². The van der Waals surface area contributed by atoms with Crippen LogP contribution in [-0.2, 0) is 62.3 Å². The molecule has 25 nitrogen and oxygen atoms in total. The quantitative estimate of drug-likeness (QED) is 0.174. The Bertz CT molecular complexity index is 2730. The van der Waals surface area contributed by atoms with Crippen molar-refractivity contribution in [3.63, 3.8) is 0 Å². The van der Waals surface area contributed by atoms with E-state index in [0.717, 1.165) is 19.3 Å². The number of amides is 12. The number of rotatable bonds is 14. The molecule has 13 atom stereocenters. The first kappa shape index (κ1) is 80.7. The van der Waals surface area contributed by atoms with Crippen LogP contribution in [-0.4, -0.2) is 263 Å². The van der Waals surface area contributed by atoms with Gasteiger partial charge in [-0.1, -0.05) is 83.2 Å². The molecular weight excluding hydrogens is 1300 g/mol. The number of likely N-dealkylation sites (N-methyl/N-ethyl adjacent to an activating group) is 6. The van der Waals surface area contributed by atoms with E-state index in [-0.39, 0.29) is 63.0 Å². The molecule has 544 valence electrons. The standard InChI is InChI=1S/C69H116BrFN12O13/c1-17-20-27-48-63(90)81(15)69(8,9)68(95)74-50(36-41(4)5)62(89)79(13)54(66(93)82-33-22-21-23-34-82)39-56(85)78(12)51(19-3)60(87)75-58(42(6)18-2)67(94)77(11)43(7)61(88)83-35-32-52(83)65(92)80(14)53(37-44-28-30-46(96-16)31-29-44)64(91)76(10)40-55(84)72-49(59(86)73-48)38-45-25-24-26-47(70)57(45)71/h41-54,57-58H,17-40H2,1-16H3,(H,72,84)(H,73,86)(H,74,95)(H,75,87)/t42-,43-,44?,45?,46?,47?,48-,49-,50-,51-,52-,53-,54-,57?,58-/m0/s1. The molecule has 3 aliphatic heterocycles. The van der Waals surface area contributed by atoms with Gasteiger partial charge in [-0.05, 0) is 141 Å². The highest BCUT2D eigenvalue weighted by atomic mass is 79.9. The second-order valence-corrected chi connectivity index (χ2v) is 30.1. The van der Waals surface area contributed by atoms with Gasteiger partial charge in [0, 0.05) is 73.9 Å². The fourth-order valence-electron chi connectivity index (χ4n) is 14.0. The molecule has 0 aromatic rings. The number of unbranched alkanes of at least 4 members (excludes halogenated alkanes) is 1. The molecule has 5 fully saturated rings. The summed E-state index contributed by atoms with van der Waals surface area (Å²) in [7, 11) is 10.2. The first-order chi connectivity index (χ1) is 45.2. The van der Waals surface area contributed by atoms with Gasteiger partial charge < -0.3 is 65.2 Å². The zero-order valence-electron chi connectivity index (χ0n) is 60.3. The van der Waals surface area contributed by atoms with E-state index in [1.807, 2.05) is 27.7 Å². The summed E-state index contributed by atoms with van der Waals surface area (Å²) in [6.45, 7) is 15.7. The molecule has 0 bridgehead atoms. The number of carbonyl (C=O) groups is 12. The van der Waals surface area contributed by atoms with E-state index in [0.29, 0.717) is 77.3 Å². The summed E-state index contributed by atoms with van der Waals surface area (Å²) >= 11 is 3.46. The van der Waals surface area contributed by atoms with Gasteiger partial charge in [-0.2, -0.15) is 0 Å². The first-order valence-electron chi connectivity index (χ1n) is 35.4. The van der Waals surface area contributed by atoms with Crippen molar-refractivity contribution in [2.75, 3.05) is 75.6 Å². The zero-order valence-corrected chi connectivity index (χ0v) is 61.9. The molecule has 3 heterocycles. The Hall–Kier alpha value is -5.99. The molecule has 5 aliphatic rings. The van der Waals surface area contributed by atoms with Crippen LogP contribution in [0.4, 0.5) is 4.39 Å². The van der Waals surface area contributed by atoms with Gasteiger partial charge in [0.2, 0.25) is 70.9 Å². The molecule has 4 N–H and O–H groups in total. The summed E-state index contributed by atoms with van der Waals surface area (Å²) in [5, 5.41) is 11.4. The van der Waals surface area contributed by atoms with E-state index in [1.54, 1.807) is 25.9 Å². The Morgan fingerprint density at radius 2 is 1.30 bits per heavy atom. The molecule has 2 saturated carbocycles. The number of hydrogen-bond acceptors (Lipinski definition) is 13. The molecule has 3 saturated heterocycles. The molecule has 0 aromatic heterocycles. The maximum atomic E-state index is 16.1. The molecule has 0 radical (unpaired) electrons. The lowest BCUT2D eigenvalue weighted by Crippen LogP contribution is -2.65. The monoisotopic (exact) mass is 1420 g/mol. The molecule has 12 amide bonds. The van der Waals surface area contributed by atoms with Gasteiger partial charge in [0.15, 0.2) is 0 Å². The lowest BCUT2D eigenvalue weighted by atomic mass is 9.82. The van der Waals surface area contributed by atoms with Crippen molar-refractivity contribution in [3.8, 4) is 0 Å². The third-order valence-electron chi connectivity index (χ3n) is 21.4. The Labute approximate surface area is 578 Å². The number of likely N-dealkylation sites (tertiary alicyclic amines) is 1. The highest BCUT2D eigenvalue weighted by Crippen LogP contribution is 2.36. The Kier molecular flexibility index (Phi) is 30.9. The molecule has 2 aliphatic carbocycles. The highest BCUT2D eigenvalue weighted by molar-refractivity contribution is 9.09. The predicted molar refractivity (Wildman–Crippen MR) is 365 cm³/mol. The Morgan fingerprint density at radius 3 is 1.88 bits per heavy atom. The van der Waals surface area contributed by atoms with Crippen LogP contribution in [0.1, 0.15) is 191 Å². The van der Waals surface area contributed by atoms with E-state index < -0.39 is 167 Å². The third kappa shape index (κ3) is 20.3. The van der Waals surface area contributed by atoms with Gasteiger partial charge in [-0.15, -0.1) is 0 Å². The molecule has 27 heteroatoms. The minimum Gasteiger partial charge on any atom is -0.381 e. The molecular formula is C69H116BrFN12O13. The van der Waals surface area contributed by atoms with Crippen molar-refractivity contribution in [2.24, 2.45) is 23.7 Å². The van der Waals surface area contributed by atoms with Gasteiger partial charge in [0.05, 0.1) is 19.1 Å². The largest absolute Gasteiger partial charge is 0.381 e. The second-order valence-electron chi connectivity index (χ2n) is 28.9. The summed E-state index contributed by atoms with van der Waals surface area (Å²) in [6.07, 6.45) is 6.77. The maximum absolute atomic E-state index is 16.1.